The maximum absolute atomic E-state index is 13.9. The van der Waals surface area contributed by atoms with Crippen LogP contribution in [0, 0.1) is 14.5 Å². The van der Waals surface area contributed by atoms with Crippen molar-refractivity contribution < 1.29 is 8.78 Å². The lowest BCUT2D eigenvalue weighted by atomic mass is 9.94. The number of rotatable bonds is 2. The first-order chi connectivity index (χ1) is 9.54. The number of hydrogen-bond acceptors (Lipinski definition) is 2. The van der Waals surface area contributed by atoms with Gasteiger partial charge in [0.1, 0.15) is 17.3 Å². The number of fused-ring (bicyclic) bond motifs is 1. The fraction of sp³-hybridized carbons (Fsp3) is 0.286. The number of halogens is 4. The zero-order chi connectivity index (χ0) is 14.3. The Kier molecular flexibility index (Phi) is 4.33. The average Bonchev–Trinajstić information content (AvgIpc) is 2.74. The molecule has 0 radical (unpaired) electrons. The molecule has 1 heterocycles. The highest BCUT2D eigenvalue weighted by molar-refractivity contribution is 14.1. The molecule has 0 saturated heterocycles. The van der Waals surface area contributed by atoms with Gasteiger partial charge in [0.15, 0.2) is 0 Å². The molecule has 0 aliphatic heterocycles. The lowest BCUT2D eigenvalue weighted by Gasteiger charge is -2.25. The number of thiophene rings is 1. The van der Waals surface area contributed by atoms with E-state index in [1.807, 2.05) is 0 Å². The molecule has 0 spiro atoms. The molecular weight excluding hydrogens is 459 g/mol. The van der Waals surface area contributed by atoms with Crippen LogP contribution < -0.4 is 5.32 Å². The molecule has 1 aliphatic rings. The van der Waals surface area contributed by atoms with Gasteiger partial charge in [-0.25, -0.2) is 8.78 Å². The predicted molar refractivity (Wildman–Crippen MR) is 90.4 cm³/mol. The molecule has 1 aromatic heterocycles. The van der Waals surface area contributed by atoms with Crippen molar-refractivity contribution in [3.8, 4) is 0 Å². The van der Waals surface area contributed by atoms with Gasteiger partial charge >= 0.3 is 0 Å². The van der Waals surface area contributed by atoms with Crippen molar-refractivity contribution in [1.29, 1.82) is 0 Å². The molecule has 20 heavy (non-hydrogen) atoms. The third-order valence-electron chi connectivity index (χ3n) is 3.41. The van der Waals surface area contributed by atoms with Crippen LogP contribution in [0.3, 0.4) is 0 Å². The van der Waals surface area contributed by atoms with Crippen LogP contribution in [-0.4, -0.2) is 0 Å². The van der Waals surface area contributed by atoms with E-state index in [0.29, 0.717) is 4.47 Å². The molecule has 1 nitrogen and oxygen atoms in total. The van der Waals surface area contributed by atoms with Crippen molar-refractivity contribution in [3.63, 3.8) is 0 Å². The van der Waals surface area contributed by atoms with Gasteiger partial charge in [-0.3, -0.25) is 0 Å². The number of benzene rings is 1. The highest BCUT2D eigenvalue weighted by atomic mass is 127. The third kappa shape index (κ3) is 2.87. The molecule has 1 unspecified atom stereocenters. The van der Waals surface area contributed by atoms with E-state index in [2.05, 4.69) is 49.9 Å². The zero-order valence-corrected chi connectivity index (χ0v) is 14.9. The minimum absolute atomic E-state index is 0.0105. The zero-order valence-electron chi connectivity index (χ0n) is 10.4. The Balaban J connectivity index is 1.93. The van der Waals surface area contributed by atoms with Crippen LogP contribution >= 0.6 is 49.9 Å². The number of anilines is 1. The van der Waals surface area contributed by atoms with Crippen molar-refractivity contribution in [2.24, 2.45) is 0 Å². The van der Waals surface area contributed by atoms with E-state index < -0.39 is 11.6 Å². The van der Waals surface area contributed by atoms with E-state index in [1.165, 1.54) is 25.5 Å². The largest absolute Gasteiger partial charge is 0.373 e. The Labute approximate surface area is 142 Å². The second-order valence-corrected chi connectivity index (χ2v) is 8.71. The van der Waals surface area contributed by atoms with Crippen molar-refractivity contribution in [2.75, 3.05) is 5.32 Å². The van der Waals surface area contributed by atoms with Crippen LogP contribution in [0.1, 0.15) is 29.3 Å². The molecule has 0 amide bonds. The Hall–Kier alpha value is -0.210. The summed E-state index contributed by atoms with van der Waals surface area (Å²) >= 11 is 7.16. The maximum Gasteiger partial charge on any atom is 0.150 e. The smallest absolute Gasteiger partial charge is 0.150 e. The summed E-state index contributed by atoms with van der Waals surface area (Å²) in [4.78, 5) is 1.33. The third-order valence-corrected chi connectivity index (χ3v) is 5.84. The second-order valence-electron chi connectivity index (χ2n) is 4.76. The van der Waals surface area contributed by atoms with Crippen molar-refractivity contribution in [1.82, 2.24) is 0 Å². The van der Waals surface area contributed by atoms with Gasteiger partial charge in [-0.2, -0.15) is 0 Å². The molecular formula is C14H11BrF2INS. The van der Waals surface area contributed by atoms with E-state index in [1.54, 1.807) is 11.3 Å². The van der Waals surface area contributed by atoms with Gasteiger partial charge in [-0.1, -0.05) is 15.9 Å². The Morgan fingerprint density at radius 1 is 1.25 bits per heavy atom. The minimum atomic E-state index is -0.561. The van der Waals surface area contributed by atoms with Crippen LogP contribution in [0.15, 0.2) is 22.7 Å². The quantitative estimate of drug-likeness (QED) is 0.541. The van der Waals surface area contributed by atoms with Crippen LogP contribution in [0.2, 0.25) is 0 Å². The summed E-state index contributed by atoms with van der Waals surface area (Å²) in [5.41, 5.74) is 1.15. The van der Waals surface area contributed by atoms with E-state index in [9.17, 15) is 8.78 Å². The minimum Gasteiger partial charge on any atom is -0.373 e. The topological polar surface area (TPSA) is 12.0 Å². The van der Waals surface area contributed by atoms with Crippen LogP contribution in [0.4, 0.5) is 14.5 Å². The van der Waals surface area contributed by atoms with Crippen molar-refractivity contribution >= 4 is 55.5 Å². The Morgan fingerprint density at radius 2 is 1.95 bits per heavy atom. The standard InChI is InChI=1S/C14H11BrF2INS/c15-7-4-9(16)14(10(17)5-7)19-11-2-1-3-12-8(11)6-13(18)20-12/h4-6,11,19H,1-3H2. The summed E-state index contributed by atoms with van der Waals surface area (Å²) in [6.07, 6.45) is 3.00. The van der Waals surface area contributed by atoms with E-state index in [4.69, 9.17) is 0 Å². The molecule has 106 valence electrons. The lowest BCUT2D eigenvalue weighted by Crippen LogP contribution is -2.17. The van der Waals surface area contributed by atoms with Gasteiger partial charge in [0.25, 0.3) is 0 Å². The summed E-state index contributed by atoms with van der Waals surface area (Å²) in [6.45, 7) is 0. The van der Waals surface area contributed by atoms with Gasteiger partial charge in [0.05, 0.1) is 8.93 Å². The summed E-state index contributed by atoms with van der Waals surface area (Å²) in [5, 5.41) is 3.05. The molecule has 1 aromatic carbocycles. The Morgan fingerprint density at radius 3 is 2.65 bits per heavy atom. The monoisotopic (exact) mass is 469 g/mol. The van der Waals surface area contributed by atoms with Gasteiger partial charge in [-0.15, -0.1) is 11.3 Å². The number of hydrogen-bond donors (Lipinski definition) is 1. The molecule has 2 aromatic rings. The first kappa shape index (κ1) is 14.7. The fourth-order valence-electron chi connectivity index (χ4n) is 2.53. The number of nitrogens with one attached hydrogen (secondary N) is 1. The maximum atomic E-state index is 13.9. The molecule has 6 heteroatoms. The molecule has 1 aliphatic carbocycles. The second kappa shape index (κ2) is 5.88. The number of aryl methyl sites for hydroxylation is 1. The lowest BCUT2D eigenvalue weighted by molar-refractivity contribution is 0.563. The summed E-state index contributed by atoms with van der Waals surface area (Å²) in [5.74, 6) is -1.12. The normalized spacial score (nSPS) is 17.9. The molecule has 0 bridgehead atoms. The van der Waals surface area contributed by atoms with E-state index in [0.717, 1.165) is 19.3 Å². The van der Waals surface area contributed by atoms with E-state index in [-0.39, 0.29) is 11.7 Å². The SMILES string of the molecule is Fc1cc(Br)cc(F)c1NC1CCCc2sc(I)cc21. The van der Waals surface area contributed by atoms with Crippen molar-refractivity contribution in [2.45, 2.75) is 25.3 Å². The van der Waals surface area contributed by atoms with E-state index >= 15 is 0 Å². The Bertz CT molecular complexity index is 636. The molecule has 1 atom stereocenters. The molecule has 1 N–H and O–H groups in total. The van der Waals surface area contributed by atoms with Gasteiger partial charge in [0.2, 0.25) is 0 Å². The summed E-state index contributed by atoms with van der Waals surface area (Å²) in [6, 6.07) is 4.68. The molecule has 0 fully saturated rings. The molecule has 0 saturated carbocycles. The van der Waals surface area contributed by atoms with Crippen LogP contribution in [0.25, 0.3) is 0 Å². The summed E-state index contributed by atoms with van der Waals surface area (Å²) < 4.78 is 29.5. The predicted octanol–water partition coefficient (Wildman–Crippen LogP) is 5.88. The first-order valence-electron chi connectivity index (χ1n) is 6.24. The average molecular weight is 470 g/mol. The van der Waals surface area contributed by atoms with Crippen LogP contribution in [0.5, 0.6) is 0 Å². The van der Waals surface area contributed by atoms with Gasteiger partial charge in [0, 0.05) is 9.35 Å². The van der Waals surface area contributed by atoms with Crippen LogP contribution in [-0.2, 0) is 6.42 Å². The highest BCUT2D eigenvalue weighted by Crippen LogP contribution is 2.39. The summed E-state index contributed by atoms with van der Waals surface area (Å²) in [7, 11) is 0. The highest BCUT2D eigenvalue weighted by Gasteiger charge is 2.24. The molecule has 3 rings (SSSR count). The fourth-order valence-corrected chi connectivity index (χ4v) is 5.05. The van der Waals surface area contributed by atoms with Gasteiger partial charge in [-0.05, 0) is 65.6 Å². The first-order valence-corrected chi connectivity index (χ1v) is 8.92. The van der Waals surface area contributed by atoms with Crippen molar-refractivity contribution in [3.05, 3.63) is 47.6 Å². The van der Waals surface area contributed by atoms with Gasteiger partial charge < -0.3 is 5.32 Å².